The van der Waals surface area contributed by atoms with Gasteiger partial charge in [-0.05, 0) is 57.8 Å². The van der Waals surface area contributed by atoms with Crippen LogP contribution in [0.15, 0.2) is 30.7 Å². The zero-order valence-electron chi connectivity index (χ0n) is 13.1. The third kappa shape index (κ3) is 2.49. The first-order valence-electron chi connectivity index (χ1n) is 7.12. The van der Waals surface area contributed by atoms with Gasteiger partial charge in [0.1, 0.15) is 0 Å². The lowest BCUT2D eigenvalue weighted by Gasteiger charge is -2.32. The topological polar surface area (TPSA) is 49.2 Å². The summed E-state index contributed by atoms with van der Waals surface area (Å²) in [5, 5.41) is 4.28. The summed E-state index contributed by atoms with van der Waals surface area (Å²) in [5.74, 6) is 0.760. The minimum absolute atomic E-state index is 0.344. The molecule has 0 aliphatic carbocycles. The minimum atomic E-state index is -0.381. The fraction of sp³-hybridized carbons (Fsp3) is 0.467. The predicted octanol–water partition coefficient (Wildman–Crippen LogP) is 1.87. The van der Waals surface area contributed by atoms with Crippen molar-refractivity contribution >= 4 is 12.6 Å². The van der Waals surface area contributed by atoms with E-state index in [1.54, 1.807) is 10.9 Å². The van der Waals surface area contributed by atoms with E-state index in [1.807, 2.05) is 59.1 Å². The van der Waals surface area contributed by atoms with E-state index < -0.39 is 0 Å². The first kappa shape index (κ1) is 14.3. The van der Waals surface area contributed by atoms with E-state index >= 15 is 0 Å². The molecule has 2 aromatic rings. The summed E-state index contributed by atoms with van der Waals surface area (Å²) >= 11 is 0. The van der Waals surface area contributed by atoms with Crippen LogP contribution < -0.4 is 5.46 Å². The van der Waals surface area contributed by atoms with Crippen molar-refractivity contribution in [3.8, 4) is 5.82 Å². The van der Waals surface area contributed by atoms with Gasteiger partial charge in [0, 0.05) is 12.4 Å². The largest absolute Gasteiger partial charge is 0.495 e. The van der Waals surface area contributed by atoms with Crippen LogP contribution in [0.3, 0.4) is 0 Å². The SMILES string of the molecule is Cc1cnn(-c2cc(B3OC(C)(C)C(C)(C)O3)ccn2)c1. The summed E-state index contributed by atoms with van der Waals surface area (Å²) in [5.41, 5.74) is 1.36. The lowest BCUT2D eigenvalue weighted by molar-refractivity contribution is 0.00578. The quantitative estimate of drug-likeness (QED) is 0.790. The monoisotopic (exact) mass is 285 g/mol. The van der Waals surface area contributed by atoms with Gasteiger partial charge in [-0.2, -0.15) is 5.10 Å². The van der Waals surface area contributed by atoms with Gasteiger partial charge >= 0.3 is 7.12 Å². The first-order chi connectivity index (χ1) is 9.78. The lowest BCUT2D eigenvalue weighted by atomic mass is 9.80. The highest BCUT2D eigenvalue weighted by atomic mass is 16.7. The molecule has 1 saturated heterocycles. The fourth-order valence-corrected chi connectivity index (χ4v) is 2.22. The number of nitrogens with zero attached hydrogens (tertiary/aromatic N) is 3. The molecule has 1 aliphatic heterocycles. The number of aryl methyl sites for hydroxylation is 1. The predicted molar refractivity (Wildman–Crippen MR) is 81.8 cm³/mol. The lowest BCUT2D eigenvalue weighted by Crippen LogP contribution is -2.41. The fourth-order valence-electron chi connectivity index (χ4n) is 2.22. The first-order valence-corrected chi connectivity index (χ1v) is 7.12. The average molecular weight is 285 g/mol. The Kier molecular flexibility index (Phi) is 3.18. The molecule has 0 spiro atoms. The van der Waals surface area contributed by atoms with Crippen LogP contribution in [0.25, 0.3) is 5.82 Å². The van der Waals surface area contributed by atoms with Gasteiger partial charge in [-0.15, -0.1) is 0 Å². The molecule has 1 fully saturated rings. The van der Waals surface area contributed by atoms with Gasteiger partial charge in [0.15, 0.2) is 5.82 Å². The van der Waals surface area contributed by atoms with Gasteiger partial charge < -0.3 is 9.31 Å². The minimum Gasteiger partial charge on any atom is -0.399 e. The molecule has 0 amide bonds. The second-order valence-corrected chi connectivity index (χ2v) is 6.50. The standard InChI is InChI=1S/C15H20BN3O2/c1-11-9-18-19(10-11)13-8-12(6-7-17-13)16-20-14(2,3)15(4,5)21-16/h6-10H,1-5H3. The highest BCUT2D eigenvalue weighted by Crippen LogP contribution is 2.36. The summed E-state index contributed by atoms with van der Waals surface area (Å²) in [7, 11) is -0.381. The van der Waals surface area contributed by atoms with Crippen LogP contribution in [0.2, 0.25) is 0 Å². The number of aromatic nitrogens is 3. The van der Waals surface area contributed by atoms with Crippen molar-refractivity contribution in [2.45, 2.75) is 45.8 Å². The molecular weight excluding hydrogens is 265 g/mol. The second-order valence-electron chi connectivity index (χ2n) is 6.50. The van der Waals surface area contributed by atoms with E-state index in [4.69, 9.17) is 9.31 Å². The Bertz CT molecular complexity index is 650. The number of hydrogen-bond donors (Lipinski definition) is 0. The highest BCUT2D eigenvalue weighted by molar-refractivity contribution is 6.62. The van der Waals surface area contributed by atoms with Gasteiger partial charge in [-0.3, -0.25) is 0 Å². The van der Waals surface area contributed by atoms with Gasteiger partial charge in [0.2, 0.25) is 0 Å². The molecule has 6 heteroatoms. The molecule has 3 heterocycles. The molecular formula is C15H20BN3O2. The van der Waals surface area contributed by atoms with Crippen molar-refractivity contribution in [2.75, 3.05) is 0 Å². The van der Waals surface area contributed by atoms with Crippen LogP contribution in [-0.4, -0.2) is 33.1 Å². The van der Waals surface area contributed by atoms with E-state index in [9.17, 15) is 0 Å². The summed E-state index contributed by atoms with van der Waals surface area (Å²) < 4.78 is 13.9. The van der Waals surface area contributed by atoms with Crippen molar-refractivity contribution in [1.29, 1.82) is 0 Å². The van der Waals surface area contributed by atoms with Crippen LogP contribution >= 0.6 is 0 Å². The Morgan fingerprint density at radius 1 is 1.14 bits per heavy atom. The van der Waals surface area contributed by atoms with E-state index in [2.05, 4.69) is 10.1 Å². The molecule has 0 bridgehead atoms. The molecule has 0 N–H and O–H groups in total. The Morgan fingerprint density at radius 3 is 2.38 bits per heavy atom. The van der Waals surface area contributed by atoms with Crippen molar-refractivity contribution in [3.63, 3.8) is 0 Å². The smallest absolute Gasteiger partial charge is 0.399 e. The van der Waals surface area contributed by atoms with Crippen molar-refractivity contribution in [1.82, 2.24) is 14.8 Å². The normalized spacial score (nSPS) is 20.0. The number of hydrogen-bond acceptors (Lipinski definition) is 4. The van der Waals surface area contributed by atoms with Gasteiger partial charge in [-0.1, -0.05) is 0 Å². The van der Waals surface area contributed by atoms with E-state index in [0.717, 1.165) is 16.8 Å². The molecule has 0 radical (unpaired) electrons. The Labute approximate surface area is 125 Å². The molecule has 1 aliphatic rings. The van der Waals surface area contributed by atoms with Crippen LogP contribution in [0.5, 0.6) is 0 Å². The van der Waals surface area contributed by atoms with Crippen molar-refractivity contribution in [3.05, 3.63) is 36.3 Å². The molecule has 110 valence electrons. The average Bonchev–Trinajstić information content (AvgIpc) is 2.92. The maximum atomic E-state index is 6.07. The van der Waals surface area contributed by atoms with Gasteiger partial charge in [-0.25, -0.2) is 9.67 Å². The third-order valence-electron chi connectivity index (χ3n) is 4.24. The van der Waals surface area contributed by atoms with Crippen LogP contribution in [0.1, 0.15) is 33.3 Å². The maximum absolute atomic E-state index is 6.07. The third-order valence-corrected chi connectivity index (χ3v) is 4.24. The Balaban J connectivity index is 1.91. The Hall–Kier alpha value is -1.66. The molecule has 3 rings (SSSR count). The molecule has 0 atom stereocenters. The zero-order chi connectivity index (χ0) is 15.3. The number of pyridine rings is 1. The molecule has 21 heavy (non-hydrogen) atoms. The van der Waals surface area contributed by atoms with Crippen molar-refractivity contribution in [2.24, 2.45) is 0 Å². The maximum Gasteiger partial charge on any atom is 0.495 e. The molecule has 0 saturated carbocycles. The molecule has 5 nitrogen and oxygen atoms in total. The number of rotatable bonds is 2. The molecule has 2 aromatic heterocycles. The van der Waals surface area contributed by atoms with Crippen LogP contribution in [-0.2, 0) is 9.31 Å². The van der Waals surface area contributed by atoms with Crippen LogP contribution in [0, 0.1) is 6.92 Å². The summed E-state index contributed by atoms with van der Waals surface area (Å²) in [6.45, 7) is 10.2. The Morgan fingerprint density at radius 2 is 1.81 bits per heavy atom. The molecule has 0 unspecified atom stereocenters. The summed E-state index contributed by atoms with van der Waals surface area (Å²) in [6.07, 6.45) is 5.51. The summed E-state index contributed by atoms with van der Waals surface area (Å²) in [4.78, 5) is 4.36. The van der Waals surface area contributed by atoms with Gasteiger partial charge in [0.25, 0.3) is 0 Å². The van der Waals surface area contributed by atoms with Crippen molar-refractivity contribution < 1.29 is 9.31 Å². The second kappa shape index (κ2) is 4.68. The zero-order valence-corrected chi connectivity index (χ0v) is 13.1. The van der Waals surface area contributed by atoms with E-state index in [1.165, 1.54) is 0 Å². The molecule has 0 aromatic carbocycles. The summed E-state index contributed by atoms with van der Waals surface area (Å²) in [6, 6.07) is 3.87. The van der Waals surface area contributed by atoms with Crippen LogP contribution in [0.4, 0.5) is 0 Å². The van der Waals surface area contributed by atoms with E-state index in [0.29, 0.717) is 0 Å². The van der Waals surface area contributed by atoms with Gasteiger partial charge in [0.05, 0.1) is 17.4 Å². The van der Waals surface area contributed by atoms with E-state index in [-0.39, 0.29) is 18.3 Å². The highest BCUT2D eigenvalue weighted by Gasteiger charge is 2.51.